The van der Waals surface area contributed by atoms with E-state index in [1.165, 1.54) is 0 Å². The molecule has 21 heavy (non-hydrogen) atoms. The molecule has 1 saturated heterocycles. The van der Waals surface area contributed by atoms with Gasteiger partial charge >= 0.3 is 0 Å². The summed E-state index contributed by atoms with van der Waals surface area (Å²) in [6, 6.07) is 7.33. The predicted octanol–water partition coefficient (Wildman–Crippen LogP) is 1.73. The van der Waals surface area contributed by atoms with Gasteiger partial charge in [-0.1, -0.05) is 0 Å². The molecule has 116 valence electrons. The Hall–Kier alpha value is -1.59. The Bertz CT molecular complexity index is 439. The molecule has 5 nitrogen and oxygen atoms in total. The second-order valence-electron chi connectivity index (χ2n) is 5.49. The molecular formula is C16H24N2O3. The predicted molar refractivity (Wildman–Crippen MR) is 82.5 cm³/mol. The van der Waals surface area contributed by atoms with Gasteiger partial charge in [0.2, 0.25) is 5.91 Å². The third kappa shape index (κ3) is 5.02. The average Bonchev–Trinajstić information content (AvgIpc) is 2.54. The number of hydrogen-bond donors (Lipinski definition) is 2. The monoisotopic (exact) mass is 292 g/mol. The van der Waals surface area contributed by atoms with E-state index in [0.717, 1.165) is 43.9 Å². The van der Waals surface area contributed by atoms with Crippen LogP contribution in [0.5, 0.6) is 5.75 Å². The van der Waals surface area contributed by atoms with Crippen molar-refractivity contribution in [3.05, 3.63) is 24.3 Å². The third-order valence-electron chi connectivity index (χ3n) is 3.99. The first-order chi connectivity index (χ1) is 10.2. The van der Waals surface area contributed by atoms with Crippen molar-refractivity contribution in [1.82, 2.24) is 4.90 Å². The van der Waals surface area contributed by atoms with E-state index in [9.17, 15) is 4.79 Å². The summed E-state index contributed by atoms with van der Waals surface area (Å²) in [4.78, 5) is 14.2. The van der Waals surface area contributed by atoms with E-state index in [4.69, 9.17) is 9.84 Å². The first kappa shape index (κ1) is 15.8. The molecule has 0 aromatic heterocycles. The van der Waals surface area contributed by atoms with Crippen molar-refractivity contribution < 1.29 is 14.6 Å². The standard InChI is InChI=1S/C16H24N2O3/c1-21-15-4-2-14(3-5-15)17-16(20)8-11-18-9-6-13(12-19)7-10-18/h2-5,13,19H,6-12H2,1H3,(H,17,20). The molecule has 0 radical (unpaired) electrons. The van der Waals surface area contributed by atoms with Crippen LogP contribution >= 0.6 is 0 Å². The van der Waals surface area contributed by atoms with Crippen LogP contribution in [0.25, 0.3) is 0 Å². The first-order valence-corrected chi connectivity index (χ1v) is 7.48. The number of rotatable bonds is 6. The lowest BCUT2D eigenvalue weighted by Gasteiger charge is -2.30. The summed E-state index contributed by atoms with van der Waals surface area (Å²) in [5, 5.41) is 12.0. The number of hydrogen-bond acceptors (Lipinski definition) is 4. The maximum absolute atomic E-state index is 11.9. The van der Waals surface area contributed by atoms with E-state index < -0.39 is 0 Å². The van der Waals surface area contributed by atoms with Gasteiger partial charge in [-0.05, 0) is 56.1 Å². The Kier molecular flexibility index (Phi) is 6.02. The van der Waals surface area contributed by atoms with Crippen LogP contribution in [0.15, 0.2) is 24.3 Å². The van der Waals surface area contributed by atoms with Crippen LogP contribution < -0.4 is 10.1 Å². The number of aliphatic hydroxyl groups is 1. The number of ether oxygens (including phenoxy) is 1. The molecule has 1 fully saturated rings. The molecule has 0 spiro atoms. The fourth-order valence-corrected chi connectivity index (χ4v) is 2.55. The molecule has 0 saturated carbocycles. The summed E-state index contributed by atoms with van der Waals surface area (Å²) >= 11 is 0. The van der Waals surface area contributed by atoms with Crippen LogP contribution in [0, 0.1) is 5.92 Å². The van der Waals surface area contributed by atoms with Crippen LogP contribution in [-0.2, 0) is 4.79 Å². The molecule has 0 unspecified atom stereocenters. The lowest BCUT2D eigenvalue weighted by atomic mass is 9.98. The van der Waals surface area contributed by atoms with Crippen molar-refractivity contribution in [2.45, 2.75) is 19.3 Å². The topological polar surface area (TPSA) is 61.8 Å². The van der Waals surface area contributed by atoms with Gasteiger partial charge in [-0.3, -0.25) is 4.79 Å². The number of amides is 1. The molecule has 1 aliphatic heterocycles. The van der Waals surface area contributed by atoms with Crippen molar-refractivity contribution in [3.63, 3.8) is 0 Å². The van der Waals surface area contributed by atoms with Gasteiger partial charge in [-0.15, -0.1) is 0 Å². The van der Waals surface area contributed by atoms with Crippen LogP contribution in [-0.4, -0.2) is 49.3 Å². The fourth-order valence-electron chi connectivity index (χ4n) is 2.55. The minimum atomic E-state index is 0.0319. The zero-order chi connectivity index (χ0) is 15.1. The number of aliphatic hydroxyl groups excluding tert-OH is 1. The quantitative estimate of drug-likeness (QED) is 0.838. The minimum Gasteiger partial charge on any atom is -0.497 e. The van der Waals surface area contributed by atoms with E-state index in [1.54, 1.807) is 7.11 Å². The van der Waals surface area contributed by atoms with Gasteiger partial charge in [-0.25, -0.2) is 0 Å². The average molecular weight is 292 g/mol. The van der Waals surface area contributed by atoms with Gasteiger partial charge in [0.1, 0.15) is 5.75 Å². The van der Waals surface area contributed by atoms with E-state index in [2.05, 4.69) is 10.2 Å². The summed E-state index contributed by atoms with van der Waals surface area (Å²) in [6.07, 6.45) is 2.54. The van der Waals surface area contributed by atoms with Gasteiger partial charge in [0.15, 0.2) is 0 Å². The normalized spacial score (nSPS) is 16.7. The van der Waals surface area contributed by atoms with Crippen molar-refractivity contribution >= 4 is 11.6 Å². The SMILES string of the molecule is COc1ccc(NC(=O)CCN2CCC(CO)CC2)cc1. The van der Waals surface area contributed by atoms with Gasteiger partial charge in [0, 0.05) is 25.3 Å². The molecular weight excluding hydrogens is 268 g/mol. The molecule has 1 amide bonds. The smallest absolute Gasteiger partial charge is 0.225 e. The molecule has 1 heterocycles. The Morgan fingerprint density at radius 3 is 2.57 bits per heavy atom. The molecule has 0 bridgehead atoms. The third-order valence-corrected chi connectivity index (χ3v) is 3.99. The lowest BCUT2D eigenvalue weighted by molar-refractivity contribution is -0.116. The van der Waals surface area contributed by atoms with E-state index in [0.29, 0.717) is 12.3 Å². The first-order valence-electron chi connectivity index (χ1n) is 7.48. The summed E-state index contributed by atoms with van der Waals surface area (Å²) in [5.41, 5.74) is 0.791. The Balaban J connectivity index is 1.69. The van der Waals surface area contributed by atoms with Crippen molar-refractivity contribution in [2.24, 2.45) is 5.92 Å². The maximum Gasteiger partial charge on any atom is 0.225 e. The number of benzene rings is 1. The van der Waals surface area contributed by atoms with Crippen molar-refractivity contribution in [3.8, 4) is 5.75 Å². The van der Waals surface area contributed by atoms with Gasteiger partial charge in [-0.2, -0.15) is 0 Å². The van der Waals surface area contributed by atoms with Crippen LogP contribution in [0.3, 0.4) is 0 Å². The number of likely N-dealkylation sites (tertiary alicyclic amines) is 1. The highest BCUT2D eigenvalue weighted by atomic mass is 16.5. The largest absolute Gasteiger partial charge is 0.497 e. The second kappa shape index (κ2) is 8.00. The number of carbonyl (C=O) groups is 1. The maximum atomic E-state index is 11.9. The Labute approximate surface area is 125 Å². The number of anilines is 1. The minimum absolute atomic E-state index is 0.0319. The fraction of sp³-hybridized carbons (Fsp3) is 0.562. The van der Waals surface area contributed by atoms with E-state index >= 15 is 0 Å². The van der Waals surface area contributed by atoms with Crippen LogP contribution in [0.2, 0.25) is 0 Å². The summed E-state index contributed by atoms with van der Waals surface area (Å²) < 4.78 is 5.08. The summed E-state index contributed by atoms with van der Waals surface area (Å²) in [7, 11) is 1.62. The second-order valence-corrected chi connectivity index (χ2v) is 5.49. The molecule has 2 rings (SSSR count). The number of carbonyl (C=O) groups excluding carboxylic acids is 1. The molecule has 0 aliphatic carbocycles. The number of piperidine rings is 1. The zero-order valence-electron chi connectivity index (χ0n) is 12.5. The summed E-state index contributed by atoms with van der Waals surface area (Å²) in [6.45, 7) is 3.01. The molecule has 0 atom stereocenters. The number of nitrogens with one attached hydrogen (secondary N) is 1. The van der Waals surface area contributed by atoms with E-state index in [-0.39, 0.29) is 12.5 Å². The molecule has 1 aromatic carbocycles. The zero-order valence-corrected chi connectivity index (χ0v) is 12.5. The molecule has 2 N–H and O–H groups in total. The molecule has 1 aliphatic rings. The molecule has 1 aromatic rings. The highest BCUT2D eigenvalue weighted by Gasteiger charge is 2.18. The molecule has 5 heteroatoms. The summed E-state index contributed by atoms with van der Waals surface area (Å²) in [5.74, 6) is 1.25. The number of methoxy groups -OCH3 is 1. The van der Waals surface area contributed by atoms with Gasteiger partial charge in [0.25, 0.3) is 0 Å². The van der Waals surface area contributed by atoms with Crippen molar-refractivity contribution in [1.29, 1.82) is 0 Å². The lowest BCUT2D eigenvalue weighted by Crippen LogP contribution is -2.36. The van der Waals surface area contributed by atoms with Crippen LogP contribution in [0.4, 0.5) is 5.69 Å². The Morgan fingerprint density at radius 1 is 1.33 bits per heavy atom. The van der Waals surface area contributed by atoms with Gasteiger partial charge in [0.05, 0.1) is 7.11 Å². The van der Waals surface area contributed by atoms with E-state index in [1.807, 2.05) is 24.3 Å². The number of nitrogens with zero attached hydrogens (tertiary/aromatic N) is 1. The van der Waals surface area contributed by atoms with Crippen LogP contribution in [0.1, 0.15) is 19.3 Å². The Morgan fingerprint density at radius 2 is 2.00 bits per heavy atom. The highest BCUT2D eigenvalue weighted by Crippen LogP contribution is 2.17. The van der Waals surface area contributed by atoms with Crippen molar-refractivity contribution in [2.75, 3.05) is 38.7 Å². The van der Waals surface area contributed by atoms with Gasteiger partial charge < -0.3 is 20.1 Å². The highest BCUT2D eigenvalue weighted by molar-refractivity contribution is 5.90.